The van der Waals surface area contributed by atoms with E-state index < -0.39 is 36.2 Å². The van der Waals surface area contributed by atoms with E-state index >= 15 is 0 Å². The average Bonchev–Trinajstić information content (AvgIpc) is 3.23. The van der Waals surface area contributed by atoms with Gasteiger partial charge in [0.15, 0.2) is 12.6 Å². The van der Waals surface area contributed by atoms with Crippen LogP contribution in [0.5, 0.6) is 11.5 Å². The van der Waals surface area contributed by atoms with Gasteiger partial charge in [-0.3, -0.25) is 0 Å². The predicted octanol–water partition coefficient (Wildman–Crippen LogP) is 4.94. The van der Waals surface area contributed by atoms with Gasteiger partial charge in [-0.2, -0.15) is 0 Å². The van der Waals surface area contributed by atoms with Crippen LogP contribution < -0.4 is 9.47 Å². The van der Waals surface area contributed by atoms with Crippen LogP contribution in [0.2, 0.25) is 0 Å². The molecular weight excluding hydrogens is 500 g/mol. The molecule has 0 amide bonds. The highest BCUT2D eigenvalue weighted by molar-refractivity contribution is 5.97. The average molecular weight is 539 g/mol. The number of rotatable bonds is 6. The molecule has 2 aromatic rings. The monoisotopic (exact) mass is 538 g/mol. The minimum atomic E-state index is -0.907. The molecular formula is C31H38O8. The third-order valence-corrected chi connectivity index (χ3v) is 6.87. The predicted molar refractivity (Wildman–Crippen MR) is 147 cm³/mol. The van der Waals surface area contributed by atoms with Crippen molar-refractivity contribution in [2.45, 2.75) is 63.8 Å². The molecule has 8 nitrogen and oxygen atoms in total. The van der Waals surface area contributed by atoms with E-state index in [4.69, 9.17) is 28.4 Å². The number of carbonyl (C=O) groups excluding carboxylic acids is 1. The van der Waals surface area contributed by atoms with Crippen molar-refractivity contribution in [2.24, 2.45) is 5.92 Å². The highest BCUT2D eigenvalue weighted by Gasteiger charge is 2.43. The Labute approximate surface area is 230 Å². The summed E-state index contributed by atoms with van der Waals surface area (Å²) in [6.45, 7) is 5.47. The lowest BCUT2D eigenvalue weighted by Crippen LogP contribution is -2.34. The van der Waals surface area contributed by atoms with Crippen molar-refractivity contribution in [3.8, 4) is 11.5 Å². The van der Waals surface area contributed by atoms with E-state index in [1.54, 1.807) is 25.3 Å². The van der Waals surface area contributed by atoms with E-state index in [0.29, 0.717) is 29.9 Å². The summed E-state index contributed by atoms with van der Waals surface area (Å²) in [4.78, 5) is 13.7. The zero-order valence-electron chi connectivity index (χ0n) is 23.2. The van der Waals surface area contributed by atoms with Gasteiger partial charge in [-0.15, -0.1) is 0 Å². The Morgan fingerprint density at radius 2 is 1.85 bits per heavy atom. The molecule has 1 fully saturated rings. The summed E-state index contributed by atoms with van der Waals surface area (Å²) < 4.78 is 34.6. The first kappa shape index (κ1) is 28.8. The molecule has 0 radical (unpaired) electrons. The second-order valence-electron chi connectivity index (χ2n) is 10.3. The van der Waals surface area contributed by atoms with E-state index in [0.717, 1.165) is 5.56 Å². The molecule has 0 saturated carbocycles. The second-order valence-corrected chi connectivity index (χ2v) is 10.3. The standard InChI is InChI=1S/C31H38O8/c1-20-22(16-21-10-7-6-8-11-21)14-15-25(32)29-26(38-31(2,3)39-29)13-9-12-23-17-24(35-5)18-27(36-19-34-4)28(23)30(33)37-20/h6-12,14-15,17-18,20,22,25-26,29,32H,13,16,19H2,1-5H3/t20-,22+,25?,26-,29+/m0/s1. The molecule has 2 aliphatic rings. The maximum atomic E-state index is 13.7. The van der Waals surface area contributed by atoms with Crippen molar-refractivity contribution in [1.29, 1.82) is 0 Å². The summed E-state index contributed by atoms with van der Waals surface area (Å²) >= 11 is 0. The van der Waals surface area contributed by atoms with Gasteiger partial charge in [0.05, 0.1) is 13.2 Å². The summed E-state index contributed by atoms with van der Waals surface area (Å²) in [5.74, 6) is -0.775. The van der Waals surface area contributed by atoms with Crippen LogP contribution in [-0.4, -0.2) is 62.3 Å². The number of hydrogen-bond acceptors (Lipinski definition) is 8. The van der Waals surface area contributed by atoms with E-state index in [9.17, 15) is 9.90 Å². The van der Waals surface area contributed by atoms with Gasteiger partial charge in [0.1, 0.15) is 35.4 Å². The molecule has 5 atom stereocenters. The summed E-state index contributed by atoms with van der Waals surface area (Å²) in [6, 6.07) is 13.4. The smallest absolute Gasteiger partial charge is 0.342 e. The molecule has 210 valence electrons. The SMILES string of the molecule is COCOc1cc(OC)cc2c1C(=O)O[C@@H](C)[C@@H](Cc1ccccc1)C=CC(O)[C@H]1OC(C)(C)O[C@H]1CC=C2. The minimum absolute atomic E-state index is 0.0482. The van der Waals surface area contributed by atoms with E-state index in [-0.39, 0.29) is 18.3 Å². The number of ether oxygens (including phenoxy) is 6. The van der Waals surface area contributed by atoms with Crippen LogP contribution in [0.4, 0.5) is 0 Å². The fraction of sp³-hybridized carbons (Fsp3) is 0.452. The third kappa shape index (κ3) is 7.28. The number of benzene rings is 2. The molecule has 0 spiro atoms. The summed E-state index contributed by atoms with van der Waals surface area (Å²) in [6.07, 6.45) is 5.99. The van der Waals surface area contributed by atoms with E-state index in [1.807, 2.05) is 69.3 Å². The fourth-order valence-corrected chi connectivity index (χ4v) is 4.94. The first-order valence-corrected chi connectivity index (χ1v) is 13.2. The Hall–Kier alpha value is -3.17. The topological polar surface area (TPSA) is 92.7 Å². The molecule has 2 heterocycles. The van der Waals surface area contributed by atoms with Crippen molar-refractivity contribution in [1.82, 2.24) is 0 Å². The number of methoxy groups -OCH3 is 2. The number of cyclic esters (lactones) is 1. The normalized spacial score (nSPS) is 26.7. The lowest BCUT2D eigenvalue weighted by Gasteiger charge is -2.25. The Balaban J connectivity index is 1.77. The Morgan fingerprint density at radius 3 is 2.56 bits per heavy atom. The number of aliphatic hydroxyl groups is 1. The molecule has 39 heavy (non-hydrogen) atoms. The molecule has 1 N–H and O–H groups in total. The lowest BCUT2D eigenvalue weighted by molar-refractivity contribution is -0.152. The van der Waals surface area contributed by atoms with Crippen LogP contribution in [0.3, 0.4) is 0 Å². The number of esters is 1. The van der Waals surface area contributed by atoms with E-state index in [1.165, 1.54) is 7.11 Å². The summed E-state index contributed by atoms with van der Waals surface area (Å²) in [5.41, 5.74) is 1.93. The third-order valence-electron chi connectivity index (χ3n) is 6.87. The van der Waals surface area contributed by atoms with Gasteiger partial charge in [-0.25, -0.2) is 4.79 Å². The van der Waals surface area contributed by atoms with Gasteiger partial charge >= 0.3 is 5.97 Å². The molecule has 4 rings (SSSR count). The molecule has 1 unspecified atom stereocenters. The maximum Gasteiger partial charge on any atom is 0.342 e. The van der Waals surface area contributed by atoms with Crippen LogP contribution in [0.25, 0.3) is 6.08 Å². The van der Waals surface area contributed by atoms with Crippen LogP contribution in [-0.2, 0) is 25.4 Å². The zero-order chi connectivity index (χ0) is 28.0. The van der Waals surface area contributed by atoms with E-state index in [2.05, 4.69) is 0 Å². The van der Waals surface area contributed by atoms with Gasteiger partial charge in [0, 0.05) is 19.1 Å². The van der Waals surface area contributed by atoms with Crippen LogP contribution in [0, 0.1) is 5.92 Å². The molecule has 0 aliphatic carbocycles. The highest BCUT2D eigenvalue weighted by Crippen LogP contribution is 2.35. The van der Waals surface area contributed by atoms with Gasteiger partial charge in [-0.05, 0) is 50.8 Å². The van der Waals surface area contributed by atoms with Crippen LogP contribution in [0.15, 0.2) is 60.7 Å². The Bertz CT molecular complexity index is 1170. The molecule has 2 aliphatic heterocycles. The van der Waals surface area contributed by atoms with Gasteiger partial charge in [0.25, 0.3) is 0 Å². The largest absolute Gasteiger partial charge is 0.497 e. The second kappa shape index (κ2) is 12.8. The fourth-order valence-electron chi connectivity index (χ4n) is 4.94. The molecule has 1 saturated heterocycles. The van der Waals surface area contributed by atoms with Gasteiger partial charge < -0.3 is 33.5 Å². The van der Waals surface area contributed by atoms with Crippen molar-refractivity contribution in [2.75, 3.05) is 21.0 Å². The Kier molecular flexibility index (Phi) is 9.45. The molecule has 2 aromatic carbocycles. The number of fused-ring (bicyclic) bond motifs is 2. The lowest BCUT2D eigenvalue weighted by atomic mass is 9.92. The van der Waals surface area contributed by atoms with Crippen LogP contribution in [0.1, 0.15) is 48.7 Å². The molecule has 0 bridgehead atoms. The van der Waals surface area contributed by atoms with Crippen LogP contribution >= 0.6 is 0 Å². The van der Waals surface area contributed by atoms with Crippen molar-refractivity contribution >= 4 is 12.0 Å². The number of hydrogen-bond donors (Lipinski definition) is 1. The highest BCUT2D eigenvalue weighted by atomic mass is 16.8. The number of aliphatic hydroxyl groups excluding tert-OH is 1. The first-order valence-electron chi connectivity index (χ1n) is 13.2. The zero-order valence-corrected chi connectivity index (χ0v) is 23.2. The molecule has 0 aromatic heterocycles. The first-order chi connectivity index (χ1) is 18.7. The molecule has 8 heteroatoms. The summed E-state index contributed by atoms with van der Waals surface area (Å²) in [5, 5.41) is 11.1. The van der Waals surface area contributed by atoms with Gasteiger partial charge in [-0.1, -0.05) is 54.6 Å². The number of carbonyl (C=O) groups is 1. The quantitative estimate of drug-likeness (QED) is 0.314. The minimum Gasteiger partial charge on any atom is -0.497 e. The Morgan fingerprint density at radius 1 is 1.08 bits per heavy atom. The summed E-state index contributed by atoms with van der Waals surface area (Å²) in [7, 11) is 3.06. The van der Waals surface area contributed by atoms with Crippen molar-refractivity contribution in [3.05, 3.63) is 77.4 Å². The van der Waals surface area contributed by atoms with Crippen molar-refractivity contribution < 1.29 is 38.3 Å². The van der Waals surface area contributed by atoms with Gasteiger partial charge in [0.2, 0.25) is 0 Å². The van der Waals surface area contributed by atoms with Crippen molar-refractivity contribution in [3.63, 3.8) is 0 Å². The maximum absolute atomic E-state index is 13.7.